The lowest BCUT2D eigenvalue weighted by molar-refractivity contribution is 0.157. The van der Waals surface area contributed by atoms with Gasteiger partial charge in [0.25, 0.3) is 0 Å². The Morgan fingerprint density at radius 3 is 2.89 bits per heavy atom. The molecule has 0 radical (unpaired) electrons. The third kappa shape index (κ3) is 2.87. The van der Waals surface area contributed by atoms with Crippen LogP contribution < -0.4 is 5.73 Å². The second-order valence-electron chi connectivity index (χ2n) is 6.04. The van der Waals surface area contributed by atoms with Gasteiger partial charge in [0.05, 0.1) is 6.04 Å². The fraction of sp³-hybridized carbons (Fsp3) is 0.733. The average Bonchev–Trinajstić information content (AvgIpc) is 2.99. The summed E-state index contributed by atoms with van der Waals surface area (Å²) in [6.07, 6.45) is 4.02. The van der Waals surface area contributed by atoms with Crippen LogP contribution in [0.15, 0.2) is 16.8 Å². The molecule has 1 aromatic rings. The van der Waals surface area contributed by atoms with Gasteiger partial charge in [-0.2, -0.15) is 11.3 Å². The topological polar surface area (TPSA) is 32.5 Å². The molecule has 1 aromatic heterocycles. The predicted octanol–water partition coefficient (Wildman–Crippen LogP) is 2.31. The maximum atomic E-state index is 6.30. The highest BCUT2D eigenvalue weighted by molar-refractivity contribution is 7.07. The Morgan fingerprint density at radius 2 is 2.16 bits per heavy atom. The summed E-state index contributed by atoms with van der Waals surface area (Å²) in [5.74, 6) is 0. The SMILES string of the molecule is CC(N)C(c1ccsc1)N1CCCN2CCCC2C1. The lowest BCUT2D eigenvalue weighted by Crippen LogP contribution is -2.43. The standard InChI is InChI=1S/C15H25N3S/c1-12(16)15(13-5-9-19-11-13)18-8-3-7-17-6-2-4-14(17)10-18/h5,9,11-12,14-15H,2-4,6-8,10,16H2,1H3. The summed E-state index contributed by atoms with van der Waals surface area (Å²) in [7, 11) is 0. The number of nitrogens with zero attached hydrogens (tertiary/aromatic N) is 2. The summed E-state index contributed by atoms with van der Waals surface area (Å²) in [4.78, 5) is 5.33. The molecule has 0 aliphatic carbocycles. The highest BCUT2D eigenvalue weighted by Crippen LogP contribution is 2.30. The highest BCUT2D eigenvalue weighted by atomic mass is 32.1. The van der Waals surface area contributed by atoms with Crippen molar-refractivity contribution in [3.8, 4) is 0 Å². The van der Waals surface area contributed by atoms with E-state index in [2.05, 4.69) is 33.6 Å². The van der Waals surface area contributed by atoms with Gasteiger partial charge >= 0.3 is 0 Å². The molecule has 3 unspecified atom stereocenters. The molecule has 0 aromatic carbocycles. The normalized spacial score (nSPS) is 28.8. The molecule has 3 atom stereocenters. The predicted molar refractivity (Wildman–Crippen MR) is 81.5 cm³/mol. The number of rotatable bonds is 3. The van der Waals surface area contributed by atoms with Crippen molar-refractivity contribution < 1.29 is 0 Å². The molecule has 0 saturated carbocycles. The number of hydrogen-bond acceptors (Lipinski definition) is 4. The zero-order chi connectivity index (χ0) is 13.2. The van der Waals surface area contributed by atoms with E-state index in [1.807, 2.05) is 0 Å². The summed E-state index contributed by atoms with van der Waals surface area (Å²) >= 11 is 1.78. The van der Waals surface area contributed by atoms with Gasteiger partial charge in [0.2, 0.25) is 0 Å². The van der Waals surface area contributed by atoms with Gasteiger partial charge in [-0.25, -0.2) is 0 Å². The van der Waals surface area contributed by atoms with E-state index < -0.39 is 0 Å². The first-order chi connectivity index (χ1) is 9.25. The highest BCUT2D eigenvalue weighted by Gasteiger charge is 2.33. The second kappa shape index (κ2) is 5.92. The molecule has 0 bridgehead atoms. The van der Waals surface area contributed by atoms with E-state index in [-0.39, 0.29) is 6.04 Å². The maximum Gasteiger partial charge on any atom is 0.0505 e. The summed E-state index contributed by atoms with van der Waals surface area (Å²) in [6.45, 7) is 7.12. The number of hydrogen-bond donors (Lipinski definition) is 1. The lowest BCUT2D eigenvalue weighted by Gasteiger charge is -2.35. The fourth-order valence-electron chi connectivity index (χ4n) is 3.78. The van der Waals surface area contributed by atoms with Crippen molar-refractivity contribution >= 4 is 11.3 Å². The number of thiophene rings is 1. The molecule has 0 amide bonds. The molecule has 2 aliphatic heterocycles. The zero-order valence-electron chi connectivity index (χ0n) is 11.8. The zero-order valence-corrected chi connectivity index (χ0v) is 12.6. The Balaban J connectivity index is 1.78. The van der Waals surface area contributed by atoms with E-state index in [1.165, 1.54) is 51.0 Å². The minimum absolute atomic E-state index is 0.197. The van der Waals surface area contributed by atoms with Crippen LogP contribution >= 0.6 is 11.3 Å². The van der Waals surface area contributed by atoms with Gasteiger partial charge in [0, 0.05) is 25.2 Å². The molecule has 3 nitrogen and oxygen atoms in total. The molecule has 106 valence electrons. The Morgan fingerprint density at radius 1 is 1.32 bits per heavy atom. The fourth-order valence-corrected chi connectivity index (χ4v) is 4.47. The molecule has 19 heavy (non-hydrogen) atoms. The van der Waals surface area contributed by atoms with E-state index in [0.717, 1.165) is 6.04 Å². The first kappa shape index (κ1) is 13.6. The van der Waals surface area contributed by atoms with Crippen molar-refractivity contribution in [1.82, 2.24) is 9.80 Å². The Kier molecular flexibility index (Phi) is 4.22. The second-order valence-corrected chi connectivity index (χ2v) is 6.82. The Bertz CT molecular complexity index is 390. The third-order valence-corrected chi connectivity index (χ3v) is 5.31. The van der Waals surface area contributed by atoms with Crippen molar-refractivity contribution in [1.29, 1.82) is 0 Å². The Hall–Kier alpha value is -0.420. The van der Waals surface area contributed by atoms with Crippen LogP contribution in [0.3, 0.4) is 0 Å². The van der Waals surface area contributed by atoms with E-state index in [0.29, 0.717) is 6.04 Å². The van der Waals surface area contributed by atoms with Gasteiger partial charge in [0.1, 0.15) is 0 Å². The van der Waals surface area contributed by atoms with Crippen molar-refractivity contribution in [2.45, 2.75) is 44.3 Å². The van der Waals surface area contributed by atoms with Crippen LogP contribution in [0.5, 0.6) is 0 Å². The minimum Gasteiger partial charge on any atom is -0.326 e. The molecule has 3 rings (SSSR count). The van der Waals surface area contributed by atoms with Crippen LogP contribution in [0.2, 0.25) is 0 Å². The summed E-state index contributed by atoms with van der Waals surface area (Å²) in [5, 5.41) is 4.44. The molecule has 0 spiro atoms. The monoisotopic (exact) mass is 279 g/mol. The Labute approximate surface area is 120 Å². The molecule has 4 heteroatoms. The van der Waals surface area contributed by atoms with Crippen molar-refractivity contribution in [3.63, 3.8) is 0 Å². The van der Waals surface area contributed by atoms with Crippen molar-refractivity contribution in [3.05, 3.63) is 22.4 Å². The summed E-state index contributed by atoms with van der Waals surface area (Å²) in [5.41, 5.74) is 7.71. The van der Waals surface area contributed by atoms with Gasteiger partial charge in [-0.15, -0.1) is 0 Å². The number of nitrogens with two attached hydrogens (primary N) is 1. The minimum atomic E-state index is 0.197. The maximum absolute atomic E-state index is 6.30. The van der Waals surface area contributed by atoms with Crippen LogP contribution in [-0.4, -0.2) is 48.1 Å². The van der Waals surface area contributed by atoms with Gasteiger partial charge in [-0.3, -0.25) is 9.80 Å². The van der Waals surface area contributed by atoms with Gasteiger partial charge in [0.15, 0.2) is 0 Å². The van der Waals surface area contributed by atoms with Gasteiger partial charge in [-0.05, 0) is 61.7 Å². The van der Waals surface area contributed by atoms with E-state index >= 15 is 0 Å². The molecule has 2 saturated heterocycles. The third-order valence-electron chi connectivity index (χ3n) is 4.61. The quantitative estimate of drug-likeness (QED) is 0.921. The van der Waals surface area contributed by atoms with E-state index in [1.54, 1.807) is 11.3 Å². The average molecular weight is 279 g/mol. The van der Waals surface area contributed by atoms with Crippen LogP contribution in [0.4, 0.5) is 0 Å². The van der Waals surface area contributed by atoms with E-state index in [9.17, 15) is 0 Å². The van der Waals surface area contributed by atoms with Crippen molar-refractivity contribution in [2.75, 3.05) is 26.2 Å². The van der Waals surface area contributed by atoms with Crippen LogP contribution in [-0.2, 0) is 0 Å². The molecule has 2 fully saturated rings. The largest absolute Gasteiger partial charge is 0.326 e. The summed E-state index contributed by atoms with van der Waals surface area (Å²) in [6, 6.07) is 3.60. The number of fused-ring (bicyclic) bond motifs is 1. The molecular formula is C15H25N3S. The summed E-state index contributed by atoms with van der Waals surface area (Å²) < 4.78 is 0. The van der Waals surface area contributed by atoms with Gasteiger partial charge < -0.3 is 5.73 Å². The lowest BCUT2D eigenvalue weighted by atomic mass is 10.0. The molecular weight excluding hydrogens is 254 g/mol. The van der Waals surface area contributed by atoms with E-state index in [4.69, 9.17) is 5.73 Å². The van der Waals surface area contributed by atoms with Crippen LogP contribution in [0.25, 0.3) is 0 Å². The van der Waals surface area contributed by atoms with Gasteiger partial charge in [-0.1, -0.05) is 0 Å². The molecule has 2 N–H and O–H groups in total. The smallest absolute Gasteiger partial charge is 0.0505 e. The first-order valence-electron chi connectivity index (χ1n) is 7.51. The molecule has 3 heterocycles. The van der Waals surface area contributed by atoms with Crippen LogP contribution in [0.1, 0.15) is 37.8 Å². The van der Waals surface area contributed by atoms with Crippen molar-refractivity contribution in [2.24, 2.45) is 5.73 Å². The van der Waals surface area contributed by atoms with Crippen LogP contribution in [0, 0.1) is 0 Å². The molecule has 2 aliphatic rings. The first-order valence-corrected chi connectivity index (χ1v) is 8.46.